The van der Waals surface area contributed by atoms with Crippen molar-refractivity contribution >= 4 is 12.2 Å². The Morgan fingerprint density at radius 1 is 1.31 bits per heavy atom. The molecule has 2 nitrogen and oxygen atoms in total. The van der Waals surface area contributed by atoms with Crippen molar-refractivity contribution in [2.24, 2.45) is 0 Å². The minimum atomic E-state index is 0.769. The summed E-state index contributed by atoms with van der Waals surface area (Å²) in [4.78, 5) is 3.11. The van der Waals surface area contributed by atoms with Gasteiger partial charge in [0.25, 0.3) is 0 Å². The number of H-pyrrole nitrogens is 1. The van der Waals surface area contributed by atoms with Crippen molar-refractivity contribution in [3.63, 3.8) is 0 Å². The van der Waals surface area contributed by atoms with Crippen molar-refractivity contribution < 1.29 is 0 Å². The molecule has 0 saturated carbocycles. The van der Waals surface area contributed by atoms with Crippen molar-refractivity contribution in [3.8, 4) is 5.69 Å². The molecular formula is C13H16N2S. The molecule has 0 spiro atoms. The number of hydrogen-bond acceptors (Lipinski definition) is 1. The van der Waals surface area contributed by atoms with Crippen LogP contribution in [0.5, 0.6) is 0 Å². The van der Waals surface area contributed by atoms with Gasteiger partial charge in [0.2, 0.25) is 0 Å². The molecule has 0 amide bonds. The second-order valence-corrected chi connectivity index (χ2v) is 4.38. The van der Waals surface area contributed by atoms with Gasteiger partial charge >= 0.3 is 0 Å². The molecule has 0 aliphatic heterocycles. The lowest BCUT2D eigenvalue weighted by Crippen LogP contribution is -2.02. The molecule has 0 saturated heterocycles. The van der Waals surface area contributed by atoms with Gasteiger partial charge in [0, 0.05) is 11.9 Å². The third-order valence-electron chi connectivity index (χ3n) is 3.03. The molecule has 2 aromatic rings. The van der Waals surface area contributed by atoms with Crippen LogP contribution in [-0.4, -0.2) is 9.55 Å². The third kappa shape index (κ3) is 1.71. The lowest BCUT2D eigenvalue weighted by Gasteiger charge is -2.12. The van der Waals surface area contributed by atoms with E-state index >= 15 is 0 Å². The first-order valence-corrected chi connectivity index (χ1v) is 5.92. The molecule has 16 heavy (non-hydrogen) atoms. The second-order valence-electron chi connectivity index (χ2n) is 3.99. The van der Waals surface area contributed by atoms with Crippen LogP contribution in [0, 0.1) is 18.6 Å². The molecular weight excluding hydrogens is 216 g/mol. The van der Waals surface area contributed by atoms with E-state index in [0.29, 0.717) is 0 Å². The van der Waals surface area contributed by atoms with Crippen molar-refractivity contribution in [2.75, 3.05) is 0 Å². The molecule has 0 fully saturated rings. The maximum absolute atomic E-state index is 5.33. The highest BCUT2D eigenvalue weighted by Crippen LogP contribution is 2.20. The fraction of sp³-hybridized carbons (Fsp3) is 0.308. The zero-order valence-corrected chi connectivity index (χ0v) is 10.7. The van der Waals surface area contributed by atoms with E-state index in [1.807, 2.05) is 6.20 Å². The summed E-state index contributed by atoms with van der Waals surface area (Å²) in [7, 11) is 0. The Morgan fingerprint density at radius 3 is 2.75 bits per heavy atom. The average molecular weight is 232 g/mol. The van der Waals surface area contributed by atoms with Gasteiger partial charge in [-0.3, -0.25) is 4.57 Å². The van der Waals surface area contributed by atoms with E-state index in [9.17, 15) is 0 Å². The summed E-state index contributed by atoms with van der Waals surface area (Å²) in [5.41, 5.74) is 4.98. The maximum Gasteiger partial charge on any atom is 0.182 e. The Labute approximate surface area is 101 Å². The molecule has 0 bridgehead atoms. The molecule has 3 heteroatoms. The maximum atomic E-state index is 5.33. The second kappa shape index (κ2) is 4.26. The van der Waals surface area contributed by atoms with Crippen LogP contribution in [-0.2, 0) is 6.42 Å². The van der Waals surface area contributed by atoms with E-state index in [1.165, 1.54) is 22.5 Å². The summed E-state index contributed by atoms with van der Waals surface area (Å²) in [5, 5.41) is 0. The molecule has 0 unspecified atom stereocenters. The molecule has 1 aromatic carbocycles. The first kappa shape index (κ1) is 11.1. The normalized spacial score (nSPS) is 10.7. The van der Waals surface area contributed by atoms with E-state index in [2.05, 4.69) is 48.5 Å². The van der Waals surface area contributed by atoms with E-state index < -0.39 is 0 Å². The Hall–Kier alpha value is -1.35. The SMILES string of the molecule is CCc1c[nH]c(=S)n1-c1cccc(C)c1C. The highest BCUT2D eigenvalue weighted by atomic mass is 32.1. The fourth-order valence-electron chi connectivity index (χ4n) is 1.91. The van der Waals surface area contributed by atoms with Gasteiger partial charge in [-0.05, 0) is 49.7 Å². The largest absolute Gasteiger partial charge is 0.337 e. The number of imidazole rings is 1. The fourth-order valence-corrected chi connectivity index (χ4v) is 2.18. The Bertz CT molecular complexity index is 564. The van der Waals surface area contributed by atoms with Crippen LogP contribution in [0.25, 0.3) is 5.69 Å². The van der Waals surface area contributed by atoms with E-state index in [-0.39, 0.29) is 0 Å². The van der Waals surface area contributed by atoms with Gasteiger partial charge in [-0.25, -0.2) is 0 Å². The Balaban J connectivity index is 2.72. The highest BCUT2D eigenvalue weighted by Gasteiger charge is 2.08. The van der Waals surface area contributed by atoms with Gasteiger partial charge in [0.05, 0.1) is 5.69 Å². The summed E-state index contributed by atoms with van der Waals surface area (Å²) < 4.78 is 2.89. The van der Waals surface area contributed by atoms with Crippen LogP contribution in [0.1, 0.15) is 23.7 Å². The Kier molecular flexibility index (Phi) is 2.97. The average Bonchev–Trinajstić information content (AvgIpc) is 2.64. The van der Waals surface area contributed by atoms with E-state index in [4.69, 9.17) is 12.2 Å². The van der Waals surface area contributed by atoms with E-state index in [0.717, 1.165) is 11.2 Å². The first-order valence-electron chi connectivity index (χ1n) is 5.51. The molecule has 84 valence electrons. The molecule has 2 rings (SSSR count). The van der Waals surface area contributed by atoms with Crippen LogP contribution in [0.2, 0.25) is 0 Å². The number of hydrogen-bond donors (Lipinski definition) is 1. The summed E-state index contributed by atoms with van der Waals surface area (Å²) in [6.07, 6.45) is 2.96. The Morgan fingerprint density at radius 2 is 2.06 bits per heavy atom. The van der Waals surface area contributed by atoms with Crippen LogP contribution in [0.15, 0.2) is 24.4 Å². The van der Waals surface area contributed by atoms with Gasteiger partial charge < -0.3 is 4.98 Å². The minimum absolute atomic E-state index is 0.769. The smallest absolute Gasteiger partial charge is 0.182 e. The van der Waals surface area contributed by atoms with Crippen LogP contribution >= 0.6 is 12.2 Å². The van der Waals surface area contributed by atoms with Gasteiger partial charge in [0.1, 0.15) is 0 Å². The number of nitrogens with one attached hydrogen (secondary N) is 1. The van der Waals surface area contributed by atoms with Crippen molar-refractivity contribution in [2.45, 2.75) is 27.2 Å². The summed E-state index contributed by atoms with van der Waals surface area (Å²) in [5.74, 6) is 0. The first-order chi connectivity index (χ1) is 7.65. The molecule has 0 aliphatic rings. The van der Waals surface area contributed by atoms with Gasteiger partial charge in [0.15, 0.2) is 4.77 Å². The highest BCUT2D eigenvalue weighted by molar-refractivity contribution is 7.71. The standard InChI is InChI=1S/C13H16N2S/c1-4-11-8-14-13(16)15(11)12-7-5-6-9(2)10(12)3/h5-8H,4H2,1-3H3,(H,14,16). The van der Waals surface area contributed by atoms with Crippen molar-refractivity contribution in [3.05, 3.63) is 46.0 Å². The summed E-state index contributed by atoms with van der Waals surface area (Å²) >= 11 is 5.33. The predicted molar refractivity (Wildman–Crippen MR) is 69.8 cm³/mol. The topological polar surface area (TPSA) is 20.7 Å². The van der Waals surface area contributed by atoms with Crippen LogP contribution in [0.3, 0.4) is 0 Å². The zero-order chi connectivity index (χ0) is 11.7. The van der Waals surface area contributed by atoms with Crippen LogP contribution < -0.4 is 0 Å². The monoisotopic (exact) mass is 232 g/mol. The quantitative estimate of drug-likeness (QED) is 0.783. The van der Waals surface area contributed by atoms with Gasteiger partial charge in [-0.2, -0.15) is 0 Å². The van der Waals surface area contributed by atoms with Crippen molar-refractivity contribution in [1.82, 2.24) is 9.55 Å². The minimum Gasteiger partial charge on any atom is -0.337 e. The number of rotatable bonds is 2. The van der Waals surface area contributed by atoms with Crippen molar-refractivity contribution in [1.29, 1.82) is 0 Å². The molecule has 1 heterocycles. The number of aromatic nitrogens is 2. The molecule has 0 aliphatic carbocycles. The summed E-state index contributed by atoms with van der Waals surface area (Å²) in [6.45, 7) is 6.40. The van der Waals surface area contributed by atoms with Crippen LogP contribution in [0.4, 0.5) is 0 Å². The molecule has 1 N–H and O–H groups in total. The van der Waals surface area contributed by atoms with Gasteiger partial charge in [-0.1, -0.05) is 19.1 Å². The summed E-state index contributed by atoms with van der Waals surface area (Å²) in [6, 6.07) is 6.32. The number of aryl methyl sites for hydroxylation is 2. The molecule has 1 aromatic heterocycles. The number of benzene rings is 1. The molecule has 0 atom stereocenters. The zero-order valence-electron chi connectivity index (χ0n) is 9.87. The third-order valence-corrected chi connectivity index (χ3v) is 3.33. The van der Waals surface area contributed by atoms with Gasteiger partial charge in [-0.15, -0.1) is 0 Å². The van der Waals surface area contributed by atoms with E-state index in [1.54, 1.807) is 0 Å². The molecule has 0 radical (unpaired) electrons. The lowest BCUT2D eigenvalue weighted by atomic mass is 10.1. The number of nitrogens with zero attached hydrogens (tertiary/aromatic N) is 1. The number of aromatic amines is 1. The predicted octanol–water partition coefficient (Wildman–Crippen LogP) is 3.71. The lowest BCUT2D eigenvalue weighted by molar-refractivity contribution is 0.912.